The second kappa shape index (κ2) is 4.89. The molecule has 0 bridgehead atoms. The van der Waals surface area contributed by atoms with Crippen LogP contribution in [0.5, 0.6) is 5.75 Å². The molecule has 0 amide bonds. The van der Waals surface area contributed by atoms with Gasteiger partial charge in [-0.25, -0.2) is 4.39 Å². The number of methoxy groups -OCH3 is 1. The number of carbonyl (C=O) groups is 1. The number of nitrogens with one attached hydrogen (secondary N) is 1. The number of ether oxygens (including phenoxy) is 1. The minimum absolute atomic E-state index is 0.167. The molecule has 0 unspecified atom stereocenters. The van der Waals surface area contributed by atoms with E-state index in [1.54, 1.807) is 14.0 Å². The van der Waals surface area contributed by atoms with Gasteiger partial charge in [-0.05, 0) is 31.7 Å². The van der Waals surface area contributed by atoms with Crippen molar-refractivity contribution in [1.29, 1.82) is 0 Å². The monoisotopic (exact) mass is 211 g/mol. The summed E-state index contributed by atoms with van der Waals surface area (Å²) in [6.45, 7) is 1.74. The van der Waals surface area contributed by atoms with E-state index in [1.807, 2.05) is 0 Å². The first-order valence-corrected chi connectivity index (χ1v) is 4.62. The van der Waals surface area contributed by atoms with E-state index in [0.717, 1.165) is 0 Å². The fourth-order valence-corrected chi connectivity index (χ4v) is 1.43. The summed E-state index contributed by atoms with van der Waals surface area (Å²) >= 11 is 0. The van der Waals surface area contributed by atoms with Crippen LogP contribution in [0.3, 0.4) is 0 Å². The van der Waals surface area contributed by atoms with Crippen molar-refractivity contribution in [1.82, 2.24) is 5.32 Å². The molecule has 1 N–H and O–H groups in total. The zero-order chi connectivity index (χ0) is 11.4. The number of hydrogen-bond donors (Lipinski definition) is 1. The topological polar surface area (TPSA) is 38.3 Å². The highest BCUT2D eigenvalue weighted by Crippen LogP contribution is 2.24. The van der Waals surface area contributed by atoms with Gasteiger partial charge in [0.2, 0.25) is 0 Å². The Bertz CT molecular complexity index is 377. The van der Waals surface area contributed by atoms with Crippen LogP contribution in [-0.4, -0.2) is 26.5 Å². The molecule has 1 rings (SSSR count). The van der Waals surface area contributed by atoms with Gasteiger partial charge in [0.05, 0.1) is 19.2 Å². The molecule has 0 aliphatic heterocycles. The van der Waals surface area contributed by atoms with Crippen LogP contribution < -0.4 is 10.1 Å². The standard InChI is InChI=1S/C11H14FNO2/c1-7-8(12)4-5-10(15-3)11(7)9(14)6-13-2/h4-5,13H,6H2,1-3H3. The lowest BCUT2D eigenvalue weighted by atomic mass is 10.0. The lowest BCUT2D eigenvalue weighted by molar-refractivity contribution is 0.0989. The number of hydrogen-bond acceptors (Lipinski definition) is 3. The van der Waals surface area contributed by atoms with Crippen molar-refractivity contribution in [3.8, 4) is 5.75 Å². The summed E-state index contributed by atoms with van der Waals surface area (Å²) in [5, 5.41) is 2.74. The van der Waals surface area contributed by atoms with Crippen LogP contribution in [0.2, 0.25) is 0 Å². The molecule has 0 aliphatic carbocycles. The molecule has 15 heavy (non-hydrogen) atoms. The van der Waals surface area contributed by atoms with E-state index >= 15 is 0 Å². The van der Waals surface area contributed by atoms with Crippen LogP contribution in [0, 0.1) is 12.7 Å². The Kier molecular flexibility index (Phi) is 3.80. The highest BCUT2D eigenvalue weighted by Gasteiger charge is 2.16. The maximum absolute atomic E-state index is 13.3. The Hall–Kier alpha value is -1.42. The fourth-order valence-electron chi connectivity index (χ4n) is 1.43. The minimum atomic E-state index is -0.393. The summed E-state index contributed by atoms with van der Waals surface area (Å²) < 4.78 is 18.3. The molecule has 0 fully saturated rings. The molecule has 0 aliphatic rings. The Labute approximate surface area is 88.2 Å². The number of halogens is 1. The van der Waals surface area contributed by atoms with E-state index in [9.17, 15) is 9.18 Å². The molecule has 4 heteroatoms. The molecule has 82 valence electrons. The van der Waals surface area contributed by atoms with Gasteiger partial charge in [-0.2, -0.15) is 0 Å². The molecule has 0 saturated carbocycles. The van der Waals surface area contributed by atoms with Gasteiger partial charge in [0.25, 0.3) is 0 Å². The third kappa shape index (κ3) is 2.33. The second-order valence-corrected chi connectivity index (χ2v) is 3.20. The second-order valence-electron chi connectivity index (χ2n) is 3.20. The number of likely N-dealkylation sites (N-methyl/N-ethyl adjacent to an activating group) is 1. The van der Waals surface area contributed by atoms with E-state index in [1.165, 1.54) is 19.2 Å². The Morgan fingerprint density at radius 3 is 2.73 bits per heavy atom. The van der Waals surface area contributed by atoms with Crippen LogP contribution >= 0.6 is 0 Å². The quantitative estimate of drug-likeness (QED) is 0.768. The van der Waals surface area contributed by atoms with Gasteiger partial charge >= 0.3 is 0 Å². The molecule has 1 aromatic rings. The molecule has 0 radical (unpaired) electrons. The molecule has 0 heterocycles. The van der Waals surface area contributed by atoms with Crippen molar-refractivity contribution in [2.45, 2.75) is 6.92 Å². The highest BCUT2D eigenvalue weighted by molar-refractivity contribution is 6.01. The predicted octanol–water partition coefficient (Wildman–Crippen LogP) is 1.54. The Balaban J connectivity index is 3.23. The fraction of sp³-hybridized carbons (Fsp3) is 0.364. The zero-order valence-corrected chi connectivity index (χ0v) is 9.06. The van der Waals surface area contributed by atoms with Crippen molar-refractivity contribution in [3.05, 3.63) is 29.1 Å². The van der Waals surface area contributed by atoms with Gasteiger partial charge in [-0.15, -0.1) is 0 Å². The maximum Gasteiger partial charge on any atom is 0.180 e. The van der Waals surface area contributed by atoms with E-state index in [-0.39, 0.29) is 12.3 Å². The number of benzene rings is 1. The van der Waals surface area contributed by atoms with Gasteiger partial charge < -0.3 is 10.1 Å². The lowest BCUT2D eigenvalue weighted by Crippen LogP contribution is -2.20. The molecule has 3 nitrogen and oxygen atoms in total. The van der Waals surface area contributed by atoms with Crippen LogP contribution in [0.25, 0.3) is 0 Å². The third-order valence-corrected chi connectivity index (χ3v) is 2.20. The summed E-state index contributed by atoms with van der Waals surface area (Å²) in [6, 6.07) is 2.76. The van der Waals surface area contributed by atoms with Crippen LogP contribution in [-0.2, 0) is 0 Å². The molecule has 1 aromatic carbocycles. The van der Waals surface area contributed by atoms with Gasteiger partial charge in [0, 0.05) is 0 Å². The van der Waals surface area contributed by atoms with E-state index in [4.69, 9.17) is 4.74 Å². The molecule has 0 saturated heterocycles. The molecule has 0 aromatic heterocycles. The molecule has 0 atom stereocenters. The first-order chi connectivity index (χ1) is 7.11. The van der Waals surface area contributed by atoms with Crippen molar-refractivity contribution >= 4 is 5.78 Å². The van der Waals surface area contributed by atoms with Gasteiger partial charge in [0.15, 0.2) is 5.78 Å². The predicted molar refractivity (Wildman–Crippen MR) is 55.9 cm³/mol. The van der Waals surface area contributed by atoms with E-state index in [2.05, 4.69) is 5.32 Å². The molecular weight excluding hydrogens is 197 g/mol. The van der Waals surface area contributed by atoms with Crippen molar-refractivity contribution in [2.24, 2.45) is 0 Å². The number of Topliss-reactive ketones (excluding diaryl/α,β-unsaturated/α-hetero) is 1. The normalized spacial score (nSPS) is 10.1. The first kappa shape index (κ1) is 11.7. The van der Waals surface area contributed by atoms with Crippen LogP contribution in [0.1, 0.15) is 15.9 Å². The zero-order valence-electron chi connectivity index (χ0n) is 9.06. The lowest BCUT2D eigenvalue weighted by Gasteiger charge is -2.10. The van der Waals surface area contributed by atoms with Crippen LogP contribution in [0.4, 0.5) is 4.39 Å². The molecular formula is C11H14FNO2. The third-order valence-electron chi connectivity index (χ3n) is 2.20. The summed E-state index contributed by atoms with van der Waals surface area (Å²) in [5.41, 5.74) is 0.640. The number of carbonyl (C=O) groups excluding carboxylic acids is 1. The van der Waals surface area contributed by atoms with Gasteiger partial charge in [-0.1, -0.05) is 0 Å². The highest BCUT2D eigenvalue weighted by atomic mass is 19.1. The van der Waals surface area contributed by atoms with Crippen LogP contribution in [0.15, 0.2) is 12.1 Å². The smallest absolute Gasteiger partial charge is 0.180 e. The van der Waals surface area contributed by atoms with Crippen molar-refractivity contribution in [3.63, 3.8) is 0 Å². The van der Waals surface area contributed by atoms with E-state index in [0.29, 0.717) is 16.9 Å². The van der Waals surface area contributed by atoms with E-state index < -0.39 is 5.82 Å². The summed E-state index contributed by atoms with van der Waals surface area (Å²) in [6.07, 6.45) is 0. The molecule has 0 spiro atoms. The summed E-state index contributed by atoms with van der Waals surface area (Å²) in [5.74, 6) is -0.157. The SMILES string of the molecule is CNCC(=O)c1c(OC)ccc(F)c1C. The van der Waals surface area contributed by atoms with Crippen molar-refractivity contribution < 1.29 is 13.9 Å². The minimum Gasteiger partial charge on any atom is -0.496 e. The Morgan fingerprint density at radius 1 is 1.53 bits per heavy atom. The van der Waals surface area contributed by atoms with Gasteiger partial charge in [0.1, 0.15) is 11.6 Å². The van der Waals surface area contributed by atoms with Crippen molar-refractivity contribution in [2.75, 3.05) is 20.7 Å². The summed E-state index contributed by atoms with van der Waals surface area (Å²) in [7, 11) is 3.13. The van der Waals surface area contributed by atoms with Gasteiger partial charge in [-0.3, -0.25) is 4.79 Å². The first-order valence-electron chi connectivity index (χ1n) is 4.62. The largest absolute Gasteiger partial charge is 0.496 e. The average molecular weight is 211 g/mol. The number of ketones is 1. The Morgan fingerprint density at radius 2 is 2.20 bits per heavy atom. The number of rotatable bonds is 4. The summed E-state index contributed by atoms with van der Waals surface area (Å²) in [4.78, 5) is 11.7. The maximum atomic E-state index is 13.3. The average Bonchev–Trinajstić information content (AvgIpc) is 2.22.